The van der Waals surface area contributed by atoms with Gasteiger partial charge in [-0.1, -0.05) is 12.8 Å². The first-order chi connectivity index (χ1) is 7.66. The van der Waals surface area contributed by atoms with Crippen molar-refractivity contribution in [2.75, 3.05) is 0 Å². The van der Waals surface area contributed by atoms with Crippen molar-refractivity contribution in [1.82, 2.24) is 9.78 Å². The normalized spacial score (nSPS) is 21.2. The van der Waals surface area contributed by atoms with Crippen LogP contribution in [0.1, 0.15) is 44.3 Å². The predicted octanol–water partition coefficient (Wildman–Crippen LogP) is 1.28. The molecule has 1 aromatic rings. The van der Waals surface area contributed by atoms with Gasteiger partial charge < -0.3 is 10.2 Å². The van der Waals surface area contributed by atoms with Crippen LogP contribution in [0, 0.1) is 0 Å². The smallest absolute Gasteiger partial charge is 0.0852 e. The molecule has 1 fully saturated rings. The van der Waals surface area contributed by atoms with E-state index in [9.17, 15) is 10.2 Å². The van der Waals surface area contributed by atoms with E-state index in [1.54, 1.807) is 6.92 Å². The highest BCUT2D eigenvalue weighted by Gasteiger charge is 2.19. The zero-order valence-corrected chi connectivity index (χ0v) is 9.71. The number of rotatable bonds is 4. The summed E-state index contributed by atoms with van der Waals surface area (Å²) < 4.78 is 2.01. The third-order valence-electron chi connectivity index (χ3n) is 3.34. The molecule has 1 aliphatic carbocycles. The molecule has 0 bridgehead atoms. The zero-order chi connectivity index (χ0) is 11.5. The summed E-state index contributed by atoms with van der Waals surface area (Å²) in [6.45, 7) is 1.60. The largest absolute Gasteiger partial charge is 0.391 e. The Bertz CT molecular complexity index is 330. The van der Waals surface area contributed by atoms with E-state index in [-0.39, 0.29) is 0 Å². The molecule has 0 saturated heterocycles. The molecule has 2 atom stereocenters. The molecule has 1 heterocycles. The van der Waals surface area contributed by atoms with E-state index < -0.39 is 12.2 Å². The Morgan fingerprint density at radius 1 is 1.44 bits per heavy atom. The van der Waals surface area contributed by atoms with Gasteiger partial charge in [0.2, 0.25) is 0 Å². The van der Waals surface area contributed by atoms with Gasteiger partial charge in [-0.25, -0.2) is 0 Å². The average Bonchev–Trinajstić information content (AvgIpc) is 2.85. The Morgan fingerprint density at radius 3 is 2.75 bits per heavy atom. The Balaban J connectivity index is 1.96. The summed E-state index contributed by atoms with van der Waals surface area (Å²) in [7, 11) is 0. The van der Waals surface area contributed by atoms with Gasteiger partial charge in [-0.3, -0.25) is 4.68 Å². The number of hydrogen-bond donors (Lipinski definition) is 2. The van der Waals surface area contributed by atoms with Crippen LogP contribution in [0.25, 0.3) is 0 Å². The molecular weight excluding hydrogens is 204 g/mol. The molecule has 0 amide bonds. The topological polar surface area (TPSA) is 58.3 Å². The van der Waals surface area contributed by atoms with Gasteiger partial charge in [0.25, 0.3) is 0 Å². The number of aromatic nitrogens is 2. The van der Waals surface area contributed by atoms with Crippen LogP contribution in [0.15, 0.2) is 12.3 Å². The minimum absolute atomic E-state index is 0.428. The number of aliphatic hydroxyl groups is 2. The molecule has 2 N–H and O–H groups in total. The van der Waals surface area contributed by atoms with Gasteiger partial charge in [0, 0.05) is 12.6 Å². The van der Waals surface area contributed by atoms with Crippen LogP contribution in [0.5, 0.6) is 0 Å². The fourth-order valence-corrected chi connectivity index (χ4v) is 2.24. The van der Waals surface area contributed by atoms with Crippen LogP contribution in [0.2, 0.25) is 0 Å². The van der Waals surface area contributed by atoms with E-state index in [0.717, 1.165) is 5.69 Å². The van der Waals surface area contributed by atoms with Crippen LogP contribution in [0.4, 0.5) is 0 Å². The standard InChI is InChI=1S/C12H20N2O2/c1-9(15)12(16)8-10-6-7-14(13-10)11-4-2-3-5-11/h6-7,9,11-12,15-16H,2-5,8H2,1H3. The predicted molar refractivity (Wildman–Crippen MR) is 61.1 cm³/mol. The van der Waals surface area contributed by atoms with Crippen LogP contribution in [-0.4, -0.2) is 32.2 Å². The molecule has 0 aliphatic heterocycles. The first kappa shape index (κ1) is 11.6. The minimum atomic E-state index is -0.716. The fourth-order valence-electron chi connectivity index (χ4n) is 2.24. The highest BCUT2D eigenvalue weighted by molar-refractivity contribution is 5.02. The van der Waals surface area contributed by atoms with Gasteiger partial charge >= 0.3 is 0 Å². The second kappa shape index (κ2) is 4.97. The van der Waals surface area contributed by atoms with Crippen molar-refractivity contribution in [2.24, 2.45) is 0 Å². The molecule has 90 valence electrons. The third kappa shape index (κ3) is 2.62. The van der Waals surface area contributed by atoms with Gasteiger partial charge in [0.1, 0.15) is 0 Å². The van der Waals surface area contributed by atoms with Crippen molar-refractivity contribution in [3.63, 3.8) is 0 Å². The van der Waals surface area contributed by atoms with Crippen molar-refractivity contribution in [3.05, 3.63) is 18.0 Å². The van der Waals surface area contributed by atoms with Crippen LogP contribution < -0.4 is 0 Å². The van der Waals surface area contributed by atoms with E-state index in [2.05, 4.69) is 5.10 Å². The first-order valence-electron chi connectivity index (χ1n) is 6.07. The summed E-state index contributed by atoms with van der Waals surface area (Å²) >= 11 is 0. The molecule has 1 saturated carbocycles. The number of aliphatic hydroxyl groups excluding tert-OH is 2. The van der Waals surface area contributed by atoms with Crippen LogP contribution in [0.3, 0.4) is 0 Å². The summed E-state index contributed by atoms with van der Waals surface area (Å²) in [6.07, 6.45) is 5.99. The van der Waals surface area contributed by atoms with Crippen LogP contribution >= 0.6 is 0 Å². The van der Waals surface area contributed by atoms with Crippen molar-refractivity contribution >= 4 is 0 Å². The lowest BCUT2D eigenvalue weighted by molar-refractivity contribution is 0.0312. The fraction of sp³-hybridized carbons (Fsp3) is 0.750. The molecule has 16 heavy (non-hydrogen) atoms. The molecule has 1 aliphatic rings. The SMILES string of the molecule is CC(O)C(O)Cc1ccn(C2CCCC2)n1. The first-order valence-corrected chi connectivity index (χ1v) is 6.07. The molecule has 0 radical (unpaired) electrons. The second-order valence-electron chi connectivity index (χ2n) is 4.74. The highest BCUT2D eigenvalue weighted by Crippen LogP contribution is 2.28. The summed E-state index contributed by atoms with van der Waals surface area (Å²) in [4.78, 5) is 0. The molecular formula is C12H20N2O2. The Hall–Kier alpha value is -0.870. The van der Waals surface area contributed by atoms with E-state index in [0.29, 0.717) is 12.5 Å². The lowest BCUT2D eigenvalue weighted by atomic mass is 10.1. The highest BCUT2D eigenvalue weighted by atomic mass is 16.3. The lowest BCUT2D eigenvalue weighted by Crippen LogP contribution is -2.25. The van der Waals surface area contributed by atoms with E-state index >= 15 is 0 Å². The second-order valence-corrected chi connectivity index (χ2v) is 4.74. The summed E-state index contributed by atoms with van der Waals surface area (Å²) in [5, 5.41) is 23.2. The maximum atomic E-state index is 9.56. The van der Waals surface area contributed by atoms with E-state index in [1.807, 2.05) is 16.9 Å². The summed E-state index contributed by atoms with van der Waals surface area (Å²) in [6, 6.07) is 2.47. The van der Waals surface area contributed by atoms with E-state index in [1.165, 1.54) is 25.7 Å². The average molecular weight is 224 g/mol. The van der Waals surface area contributed by atoms with Gasteiger partial charge in [-0.15, -0.1) is 0 Å². The number of nitrogens with zero attached hydrogens (tertiary/aromatic N) is 2. The van der Waals surface area contributed by atoms with E-state index in [4.69, 9.17) is 0 Å². The molecule has 0 aromatic carbocycles. The lowest BCUT2D eigenvalue weighted by Gasteiger charge is -2.12. The van der Waals surface area contributed by atoms with Crippen molar-refractivity contribution in [2.45, 2.75) is 57.3 Å². The maximum absolute atomic E-state index is 9.56. The molecule has 4 nitrogen and oxygen atoms in total. The monoisotopic (exact) mass is 224 g/mol. The molecule has 2 rings (SSSR count). The molecule has 1 aromatic heterocycles. The van der Waals surface area contributed by atoms with Crippen molar-refractivity contribution in [3.8, 4) is 0 Å². The minimum Gasteiger partial charge on any atom is -0.391 e. The quantitative estimate of drug-likeness (QED) is 0.810. The van der Waals surface area contributed by atoms with Crippen molar-refractivity contribution in [1.29, 1.82) is 0 Å². The molecule has 4 heteroatoms. The molecule has 0 spiro atoms. The molecule has 2 unspecified atom stereocenters. The van der Waals surface area contributed by atoms with Gasteiger partial charge in [0.05, 0.1) is 23.9 Å². The maximum Gasteiger partial charge on any atom is 0.0852 e. The van der Waals surface area contributed by atoms with Gasteiger partial charge in [-0.05, 0) is 25.8 Å². The third-order valence-corrected chi connectivity index (χ3v) is 3.34. The number of hydrogen-bond acceptors (Lipinski definition) is 3. The zero-order valence-electron chi connectivity index (χ0n) is 9.71. The van der Waals surface area contributed by atoms with Gasteiger partial charge in [-0.2, -0.15) is 5.10 Å². The summed E-state index contributed by atoms with van der Waals surface area (Å²) in [5.74, 6) is 0. The van der Waals surface area contributed by atoms with Crippen molar-refractivity contribution < 1.29 is 10.2 Å². The summed E-state index contributed by atoms with van der Waals surface area (Å²) in [5.41, 5.74) is 0.861. The Morgan fingerprint density at radius 2 is 2.12 bits per heavy atom. The Labute approximate surface area is 95.9 Å². The van der Waals surface area contributed by atoms with Crippen LogP contribution in [-0.2, 0) is 6.42 Å². The van der Waals surface area contributed by atoms with Gasteiger partial charge in [0.15, 0.2) is 0 Å². The Kier molecular flexibility index (Phi) is 3.61.